The van der Waals surface area contributed by atoms with Crippen molar-refractivity contribution in [1.82, 2.24) is 35.1 Å². The van der Waals surface area contributed by atoms with Crippen LogP contribution in [0.3, 0.4) is 0 Å². The van der Waals surface area contributed by atoms with E-state index in [2.05, 4.69) is 48.3 Å². The fourth-order valence-electron chi connectivity index (χ4n) is 3.71. The van der Waals surface area contributed by atoms with E-state index in [0.29, 0.717) is 0 Å². The van der Waals surface area contributed by atoms with Gasteiger partial charge in [-0.25, -0.2) is 15.0 Å². The predicted octanol–water partition coefficient (Wildman–Crippen LogP) is 4.63. The van der Waals surface area contributed by atoms with Crippen LogP contribution in [-0.2, 0) is 0 Å². The van der Waals surface area contributed by atoms with Crippen LogP contribution >= 0.6 is 0 Å². The lowest BCUT2D eigenvalue weighted by atomic mass is 10.1. The van der Waals surface area contributed by atoms with Gasteiger partial charge < -0.3 is 4.98 Å². The Kier molecular flexibility index (Phi) is 3.64. The number of nitrogens with zero attached hydrogens (tertiary/aromatic N) is 5. The zero-order valence-corrected chi connectivity index (χ0v) is 15.7. The second-order valence-corrected chi connectivity index (χ2v) is 6.96. The molecule has 0 aliphatic heterocycles. The summed E-state index contributed by atoms with van der Waals surface area (Å²) in [6, 6.07) is 18.1. The van der Waals surface area contributed by atoms with Crippen molar-refractivity contribution >= 4 is 21.9 Å². The van der Waals surface area contributed by atoms with E-state index in [4.69, 9.17) is 4.98 Å². The first kappa shape index (κ1) is 16.6. The highest BCUT2D eigenvalue weighted by Crippen LogP contribution is 2.33. The molecular formula is C23H15N7. The van der Waals surface area contributed by atoms with Gasteiger partial charge in [0.1, 0.15) is 17.5 Å². The molecule has 0 saturated heterocycles. The number of H-pyrrole nitrogens is 2. The Morgan fingerprint density at radius 2 is 1.73 bits per heavy atom. The Bertz CT molecular complexity index is 1480. The second kappa shape index (κ2) is 6.59. The van der Waals surface area contributed by atoms with E-state index < -0.39 is 0 Å². The van der Waals surface area contributed by atoms with Crippen LogP contribution in [0.1, 0.15) is 0 Å². The minimum Gasteiger partial charge on any atom is -0.353 e. The molecule has 5 aromatic heterocycles. The topological polar surface area (TPSA) is 96.0 Å². The van der Waals surface area contributed by atoms with Crippen LogP contribution in [0.5, 0.6) is 0 Å². The molecule has 2 N–H and O–H groups in total. The number of pyridine rings is 2. The second-order valence-electron chi connectivity index (χ2n) is 6.96. The number of aromatic amines is 2. The number of nitrogens with one attached hydrogen (secondary N) is 2. The minimum absolute atomic E-state index is 0.770. The van der Waals surface area contributed by atoms with E-state index >= 15 is 0 Å². The first-order valence-electron chi connectivity index (χ1n) is 9.51. The van der Waals surface area contributed by atoms with Crippen LogP contribution in [0.25, 0.3) is 55.8 Å². The van der Waals surface area contributed by atoms with Crippen LogP contribution in [0, 0.1) is 0 Å². The van der Waals surface area contributed by atoms with Gasteiger partial charge >= 0.3 is 0 Å². The summed E-state index contributed by atoms with van der Waals surface area (Å²) in [7, 11) is 0. The van der Waals surface area contributed by atoms with Gasteiger partial charge in [-0.15, -0.1) is 0 Å². The van der Waals surface area contributed by atoms with Crippen LogP contribution < -0.4 is 0 Å². The maximum atomic E-state index is 4.83. The number of benzene rings is 1. The van der Waals surface area contributed by atoms with E-state index in [9.17, 15) is 0 Å². The molecule has 0 amide bonds. The molecule has 0 radical (unpaired) electrons. The van der Waals surface area contributed by atoms with Gasteiger partial charge in [0.25, 0.3) is 0 Å². The summed E-state index contributed by atoms with van der Waals surface area (Å²) in [6.45, 7) is 0. The molecule has 30 heavy (non-hydrogen) atoms. The van der Waals surface area contributed by atoms with E-state index in [1.165, 1.54) is 6.33 Å². The van der Waals surface area contributed by atoms with E-state index in [0.717, 1.165) is 55.8 Å². The van der Waals surface area contributed by atoms with Gasteiger partial charge in [0, 0.05) is 40.6 Å². The summed E-state index contributed by atoms with van der Waals surface area (Å²) < 4.78 is 0. The minimum atomic E-state index is 0.770. The summed E-state index contributed by atoms with van der Waals surface area (Å²) >= 11 is 0. The third-order valence-electron chi connectivity index (χ3n) is 5.12. The molecule has 0 aliphatic rings. The molecule has 0 saturated carbocycles. The molecule has 0 unspecified atom stereocenters. The van der Waals surface area contributed by atoms with Crippen LogP contribution in [0.4, 0.5) is 0 Å². The first-order valence-corrected chi connectivity index (χ1v) is 9.51. The van der Waals surface area contributed by atoms with E-state index in [1.54, 1.807) is 12.4 Å². The standard InChI is InChI=1S/C23H15N7/c1-2-9-26-18(5-1)15-4-3-6-19-16(15)10-21(27-19)23-22-20(29-30-23)8-7-17(28-22)14-11-24-13-25-12-14/h1-13,27H,(H,29,30). The van der Waals surface area contributed by atoms with Gasteiger partial charge in [0.05, 0.1) is 22.6 Å². The van der Waals surface area contributed by atoms with Gasteiger partial charge in [-0.3, -0.25) is 10.1 Å². The van der Waals surface area contributed by atoms with Crippen molar-refractivity contribution in [2.75, 3.05) is 0 Å². The highest BCUT2D eigenvalue weighted by Gasteiger charge is 2.15. The van der Waals surface area contributed by atoms with Gasteiger partial charge in [0.2, 0.25) is 0 Å². The van der Waals surface area contributed by atoms with Crippen LogP contribution in [0.2, 0.25) is 0 Å². The summed E-state index contributed by atoms with van der Waals surface area (Å²) in [5.74, 6) is 0. The first-order chi connectivity index (χ1) is 14.9. The third-order valence-corrected chi connectivity index (χ3v) is 5.12. The molecule has 6 aromatic rings. The summed E-state index contributed by atoms with van der Waals surface area (Å²) in [6.07, 6.45) is 6.82. The number of fused-ring (bicyclic) bond motifs is 2. The molecular weight excluding hydrogens is 374 g/mol. The molecule has 6 rings (SSSR count). The normalized spacial score (nSPS) is 11.3. The Morgan fingerprint density at radius 1 is 0.800 bits per heavy atom. The molecule has 0 fully saturated rings. The molecule has 0 aliphatic carbocycles. The van der Waals surface area contributed by atoms with Crippen molar-refractivity contribution < 1.29 is 0 Å². The van der Waals surface area contributed by atoms with Gasteiger partial charge in [0.15, 0.2) is 0 Å². The molecule has 7 nitrogen and oxygen atoms in total. The summed E-state index contributed by atoms with van der Waals surface area (Å²) in [5, 5.41) is 8.70. The van der Waals surface area contributed by atoms with E-state index in [-0.39, 0.29) is 0 Å². The SMILES string of the molecule is c1ccc(-c2cccc3[nH]c(-c4n[nH]c5ccc(-c6cncnc6)nc45)cc23)nc1. The number of aromatic nitrogens is 7. The molecule has 0 atom stereocenters. The Balaban J connectivity index is 1.52. The van der Waals surface area contributed by atoms with Crippen molar-refractivity contribution in [1.29, 1.82) is 0 Å². The quantitative estimate of drug-likeness (QED) is 0.460. The maximum Gasteiger partial charge on any atom is 0.135 e. The number of hydrogen-bond acceptors (Lipinski definition) is 5. The van der Waals surface area contributed by atoms with Gasteiger partial charge in [-0.2, -0.15) is 5.10 Å². The van der Waals surface area contributed by atoms with Crippen molar-refractivity contribution in [3.63, 3.8) is 0 Å². The van der Waals surface area contributed by atoms with Crippen molar-refractivity contribution in [3.05, 3.63) is 79.5 Å². The lowest BCUT2D eigenvalue weighted by molar-refractivity contribution is 1.12. The molecule has 1 aromatic carbocycles. The molecule has 0 spiro atoms. The molecule has 142 valence electrons. The zero-order chi connectivity index (χ0) is 19.9. The molecule has 7 heteroatoms. The summed E-state index contributed by atoms with van der Waals surface area (Å²) in [5.41, 5.74) is 8.03. The average Bonchev–Trinajstić information content (AvgIpc) is 3.43. The van der Waals surface area contributed by atoms with Crippen molar-refractivity contribution in [2.24, 2.45) is 0 Å². The van der Waals surface area contributed by atoms with Crippen molar-refractivity contribution in [3.8, 4) is 33.9 Å². The van der Waals surface area contributed by atoms with Crippen LogP contribution in [-0.4, -0.2) is 35.1 Å². The zero-order valence-electron chi connectivity index (χ0n) is 15.7. The highest BCUT2D eigenvalue weighted by molar-refractivity contribution is 6.00. The molecule has 5 heterocycles. The van der Waals surface area contributed by atoms with Gasteiger partial charge in [-0.05, 0) is 36.4 Å². The largest absolute Gasteiger partial charge is 0.353 e. The predicted molar refractivity (Wildman–Crippen MR) is 115 cm³/mol. The molecule has 0 bridgehead atoms. The lowest BCUT2D eigenvalue weighted by Crippen LogP contribution is -1.87. The maximum absolute atomic E-state index is 4.83. The summed E-state index contributed by atoms with van der Waals surface area (Å²) in [4.78, 5) is 21.0. The van der Waals surface area contributed by atoms with Gasteiger partial charge in [-0.1, -0.05) is 18.2 Å². The number of rotatable bonds is 3. The third kappa shape index (κ3) is 2.64. The Labute approximate surface area is 170 Å². The monoisotopic (exact) mass is 389 g/mol. The Hall–Kier alpha value is -4.39. The fourth-order valence-corrected chi connectivity index (χ4v) is 3.71. The Morgan fingerprint density at radius 3 is 2.60 bits per heavy atom. The lowest BCUT2D eigenvalue weighted by Gasteiger charge is -2.01. The van der Waals surface area contributed by atoms with E-state index in [1.807, 2.05) is 42.6 Å². The number of hydrogen-bond donors (Lipinski definition) is 2. The highest BCUT2D eigenvalue weighted by atomic mass is 15.1. The van der Waals surface area contributed by atoms with Crippen LogP contribution in [0.15, 0.2) is 79.5 Å². The average molecular weight is 389 g/mol. The van der Waals surface area contributed by atoms with Crippen molar-refractivity contribution in [2.45, 2.75) is 0 Å². The smallest absolute Gasteiger partial charge is 0.135 e. The fraction of sp³-hybridized carbons (Fsp3) is 0.